The summed E-state index contributed by atoms with van der Waals surface area (Å²) in [6.07, 6.45) is 0. The fourth-order valence-electron chi connectivity index (χ4n) is 2.18. The van der Waals surface area contributed by atoms with E-state index in [1.54, 1.807) is 12.1 Å². The van der Waals surface area contributed by atoms with Crippen molar-refractivity contribution in [3.63, 3.8) is 0 Å². The fourth-order valence-corrected chi connectivity index (χ4v) is 2.18. The first kappa shape index (κ1) is 13.4. The minimum Gasteiger partial charge on any atom is -0.489 e. The van der Waals surface area contributed by atoms with Gasteiger partial charge >= 0.3 is 0 Å². The molecule has 0 atom stereocenters. The molecule has 2 heteroatoms. The molecule has 3 aromatic carbocycles. The van der Waals surface area contributed by atoms with Gasteiger partial charge in [-0.15, -0.1) is 0 Å². The Morgan fingerprint density at radius 3 is 2.10 bits per heavy atom. The Hall–Kier alpha value is -2.61. The Morgan fingerprint density at radius 2 is 1.43 bits per heavy atom. The highest BCUT2D eigenvalue weighted by Crippen LogP contribution is 2.26. The third-order valence-electron chi connectivity index (χ3n) is 3.27. The van der Waals surface area contributed by atoms with Gasteiger partial charge in [0.15, 0.2) is 0 Å². The molecule has 0 aliphatic carbocycles. The second-order valence-corrected chi connectivity index (χ2v) is 4.78. The van der Waals surface area contributed by atoms with Gasteiger partial charge in [-0.2, -0.15) is 0 Å². The molecular formula is C19H15FO. The van der Waals surface area contributed by atoms with E-state index in [2.05, 4.69) is 0 Å². The van der Waals surface area contributed by atoms with E-state index in [1.165, 1.54) is 6.07 Å². The van der Waals surface area contributed by atoms with Crippen LogP contribution in [-0.2, 0) is 6.61 Å². The van der Waals surface area contributed by atoms with E-state index in [-0.39, 0.29) is 5.82 Å². The van der Waals surface area contributed by atoms with Crippen LogP contribution in [0.25, 0.3) is 11.1 Å². The van der Waals surface area contributed by atoms with Gasteiger partial charge in [0.2, 0.25) is 0 Å². The predicted molar refractivity (Wildman–Crippen MR) is 82.6 cm³/mol. The highest BCUT2D eigenvalue weighted by molar-refractivity contribution is 5.64. The maximum absolute atomic E-state index is 14.2. The van der Waals surface area contributed by atoms with E-state index in [0.29, 0.717) is 17.9 Å². The highest BCUT2D eigenvalue weighted by atomic mass is 19.1. The molecule has 0 amide bonds. The summed E-state index contributed by atoms with van der Waals surface area (Å²) in [6.45, 7) is 0.435. The molecule has 0 N–H and O–H groups in total. The first-order valence-corrected chi connectivity index (χ1v) is 6.84. The molecule has 0 saturated carbocycles. The molecule has 0 bridgehead atoms. The Kier molecular flexibility index (Phi) is 3.97. The van der Waals surface area contributed by atoms with Gasteiger partial charge in [-0.25, -0.2) is 4.39 Å². The maximum atomic E-state index is 14.2. The average molecular weight is 278 g/mol. The van der Waals surface area contributed by atoms with Crippen LogP contribution in [0.2, 0.25) is 0 Å². The molecule has 0 spiro atoms. The SMILES string of the molecule is Fc1cc(OCc2ccccc2)ccc1-c1ccccc1. The molecule has 0 radical (unpaired) electrons. The lowest BCUT2D eigenvalue weighted by Crippen LogP contribution is -1.96. The summed E-state index contributed by atoms with van der Waals surface area (Å²) in [5.74, 6) is 0.266. The van der Waals surface area contributed by atoms with Crippen molar-refractivity contribution in [2.45, 2.75) is 6.61 Å². The smallest absolute Gasteiger partial charge is 0.134 e. The number of hydrogen-bond donors (Lipinski definition) is 0. The van der Waals surface area contributed by atoms with Gasteiger partial charge in [-0.3, -0.25) is 0 Å². The van der Waals surface area contributed by atoms with E-state index in [9.17, 15) is 4.39 Å². The van der Waals surface area contributed by atoms with Gasteiger partial charge in [0.05, 0.1) is 0 Å². The fraction of sp³-hybridized carbons (Fsp3) is 0.0526. The van der Waals surface area contributed by atoms with Crippen molar-refractivity contribution in [3.8, 4) is 16.9 Å². The van der Waals surface area contributed by atoms with Crippen LogP contribution >= 0.6 is 0 Å². The molecule has 0 aromatic heterocycles. The second-order valence-electron chi connectivity index (χ2n) is 4.78. The zero-order chi connectivity index (χ0) is 14.5. The topological polar surface area (TPSA) is 9.23 Å². The predicted octanol–water partition coefficient (Wildman–Crippen LogP) is 5.07. The first-order valence-electron chi connectivity index (χ1n) is 6.84. The van der Waals surface area contributed by atoms with Crippen LogP contribution < -0.4 is 4.74 Å². The minimum atomic E-state index is -0.272. The van der Waals surface area contributed by atoms with Gasteiger partial charge in [0.25, 0.3) is 0 Å². The normalized spacial score (nSPS) is 10.3. The molecule has 0 saturated heterocycles. The summed E-state index contributed by atoms with van der Waals surface area (Å²) in [5, 5.41) is 0. The second kappa shape index (κ2) is 6.23. The average Bonchev–Trinajstić information content (AvgIpc) is 2.55. The summed E-state index contributed by atoms with van der Waals surface area (Å²) in [7, 11) is 0. The lowest BCUT2D eigenvalue weighted by molar-refractivity contribution is 0.304. The van der Waals surface area contributed by atoms with Crippen LogP contribution in [-0.4, -0.2) is 0 Å². The zero-order valence-electron chi connectivity index (χ0n) is 11.5. The van der Waals surface area contributed by atoms with Crippen LogP contribution in [0.15, 0.2) is 78.9 Å². The van der Waals surface area contributed by atoms with Crippen molar-refractivity contribution in [2.75, 3.05) is 0 Å². The quantitative estimate of drug-likeness (QED) is 0.647. The minimum absolute atomic E-state index is 0.272. The van der Waals surface area contributed by atoms with Crippen molar-refractivity contribution < 1.29 is 9.13 Å². The van der Waals surface area contributed by atoms with Gasteiger partial charge in [0.1, 0.15) is 18.2 Å². The Morgan fingerprint density at radius 1 is 0.762 bits per heavy atom. The van der Waals surface area contributed by atoms with Crippen molar-refractivity contribution in [1.82, 2.24) is 0 Å². The monoisotopic (exact) mass is 278 g/mol. The van der Waals surface area contributed by atoms with Gasteiger partial charge in [0, 0.05) is 11.6 Å². The standard InChI is InChI=1S/C19H15FO/c20-19-13-17(21-14-15-7-3-1-4-8-15)11-12-18(19)16-9-5-2-6-10-16/h1-13H,14H2. The highest BCUT2D eigenvalue weighted by Gasteiger charge is 2.06. The zero-order valence-corrected chi connectivity index (χ0v) is 11.5. The van der Waals surface area contributed by atoms with E-state index >= 15 is 0 Å². The number of hydrogen-bond acceptors (Lipinski definition) is 1. The van der Waals surface area contributed by atoms with E-state index in [0.717, 1.165) is 11.1 Å². The molecule has 3 aromatic rings. The lowest BCUT2D eigenvalue weighted by Gasteiger charge is -2.09. The molecule has 104 valence electrons. The molecule has 0 unspecified atom stereocenters. The van der Waals surface area contributed by atoms with Crippen molar-refractivity contribution in [3.05, 3.63) is 90.2 Å². The summed E-state index contributed by atoms with van der Waals surface area (Å²) in [4.78, 5) is 0. The number of halogens is 1. The summed E-state index contributed by atoms with van der Waals surface area (Å²) in [6, 6.07) is 24.3. The van der Waals surface area contributed by atoms with E-state index in [4.69, 9.17) is 4.74 Å². The van der Waals surface area contributed by atoms with E-state index in [1.807, 2.05) is 60.7 Å². The van der Waals surface area contributed by atoms with Gasteiger partial charge in [-0.1, -0.05) is 60.7 Å². The molecule has 0 heterocycles. The third kappa shape index (κ3) is 3.29. The molecule has 0 aliphatic rings. The molecule has 0 fully saturated rings. The van der Waals surface area contributed by atoms with E-state index < -0.39 is 0 Å². The summed E-state index contributed by atoms with van der Waals surface area (Å²) >= 11 is 0. The lowest BCUT2D eigenvalue weighted by atomic mass is 10.1. The number of ether oxygens (including phenoxy) is 1. The van der Waals surface area contributed by atoms with Crippen molar-refractivity contribution in [1.29, 1.82) is 0 Å². The number of benzene rings is 3. The Balaban J connectivity index is 1.76. The maximum Gasteiger partial charge on any atom is 0.134 e. The third-order valence-corrected chi connectivity index (χ3v) is 3.27. The first-order chi connectivity index (χ1) is 10.3. The number of rotatable bonds is 4. The van der Waals surface area contributed by atoms with Gasteiger partial charge in [-0.05, 0) is 23.3 Å². The van der Waals surface area contributed by atoms with Crippen LogP contribution in [0.5, 0.6) is 5.75 Å². The Labute approximate surface area is 123 Å². The van der Waals surface area contributed by atoms with Gasteiger partial charge < -0.3 is 4.74 Å². The molecule has 1 nitrogen and oxygen atoms in total. The van der Waals surface area contributed by atoms with Crippen LogP contribution in [0.4, 0.5) is 4.39 Å². The van der Waals surface area contributed by atoms with Crippen molar-refractivity contribution in [2.24, 2.45) is 0 Å². The Bertz CT molecular complexity index is 708. The summed E-state index contributed by atoms with van der Waals surface area (Å²) < 4.78 is 19.8. The molecular weight excluding hydrogens is 263 g/mol. The molecule has 3 rings (SSSR count). The molecule has 21 heavy (non-hydrogen) atoms. The van der Waals surface area contributed by atoms with Crippen molar-refractivity contribution >= 4 is 0 Å². The summed E-state index contributed by atoms with van der Waals surface area (Å²) in [5.41, 5.74) is 2.51. The van der Waals surface area contributed by atoms with Crippen LogP contribution in [0.3, 0.4) is 0 Å². The van der Waals surface area contributed by atoms with Crippen LogP contribution in [0.1, 0.15) is 5.56 Å². The van der Waals surface area contributed by atoms with Crippen LogP contribution in [0, 0.1) is 5.82 Å². The molecule has 0 aliphatic heterocycles. The largest absolute Gasteiger partial charge is 0.489 e.